The molecule has 1 aromatic heterocycles. The van der Waals surface area contributed by atoms with Gasteiger partial charge >= 0.3 is 0 Å². The summed E-state index contributed by atoms with van der Waals surface area (Å²) in [6.45, 7) is 6.78. The van der Waals surface area contributed by atoms with E-state index in [1.165, 1.54) is 32.1 Å². The second kappa shape index (κ2) is 6.22. The van der Waals surface area contributed by atoms with Crippen LogP contribution in [0.15, 0.2) is 4.52 Å². The smallest absolute Gasteiger partial charge is 0.240 e. The van der Waals surface area contributed by atoms with Crippen LogP contribution in [0.2, 0.25) is 0 Å². The Morgan fingerprint density at radius 3 is 2.45 bits per heavy atom. The van der Waals surface area contributed by atoms with Gasteiger partial charge in [0.25, 0.3) is 0 Å². The molecule has 0 radical (unpaired) electrons. The molecular formula is C15H28N4O. The van der Waals surface area contributed by atoms with E-state index in [1.54, 1.807) is 0 Å². The average Bonchev–Trinajstić information content (AvgIpc) is 2.87. The Balaban J connectivity index is 1.88. The summed E-state index contributed by atoms with van der Waals surface area (Å²) in [6.07, 6.45) is 6.55. The summed E-state index contributed by atoms with van der Waals surface area (Å²) in [5.41, 5.74) is 5.43. The quantitative estimate of drug-likeness (QED) is 0.898. The molecule has 1 aliphatic rings. The van der Waals surface area contributed by atoms with Crippen LogP contribution in [0.4, 0.5) is 0 Å². The third-order valence-electron chi connectivity index (χ3n) is 4.45. The number of nitrogens with zero attached hydrogens (tertiary/aromatic N) is 3. The van der Waals surface area contributed by atoms with Crippen LogP contribution in [-0.4, -0.2) is 28.1 Å². The first-order valence-corrected chi connectivity index (χ1v) is 7.72. The molecular weight excluding hydrogens is 252 g/mol. The van der Waals surface area contributed by atoms with E-state index < -0.39 is 5.54 Å². The van der Waals surface area contributed by atoms with Crippen LogP contribution in [0.3, 0.4) is 0 Å². The summed E-state index contributed by atoms with van der Waals surface area (Å²) in [6, 6.07) is 0.638. The second-order valence-electron chi connectivity index (χ2n) is 6.73. The summed E-state index contributed by atoms with van der Waals surface area (Å²) in [5.74, 6) is 2.17. The minimum atomic E-state index is -0.542. The number of hydrogen-bond acceptors (Lipinski definition) is 5. The van der Waals surface area contributed by atoms with E-state index in [9.17, 15) is 0 Å². The predicted molar refractivity (Wildman–Crippen MR) is 79.0 cm³/mol. The van der Waals surface area contributed by atoms with Gasteiger partial charge in [0.05, 0.1) is 12.1 Å². The van der Waals surface area contributed by atoms with E-state index in [4.69, 9.17) is 10.3 Å². The van der Waals surface area contributed by atoms with Crippen molar-refractivity contribution in [1.82, 2.24) is 15.0 Å². The van der Waals surface area contributed by atoms with Gasteiger partial charge in [0.15, 0.2) is 5.82 Å². The first kappa shape index (κ1) is 15.4. The monoisotopic (exact) mass is 280 g/mol. The van der Waals surface area contributed by atoms with Gasteiger partial charge in [0.2, 0.25) is 5.89 Å². The molecule has 0 atom stereocenters. The van der Waals surface area contributed by atoms with Gasteiger partial charge in [-0.1, -0.05) is 18.5 Å². The van der Waals surface area contributed by atoms with Crippen LogP contribution in [0.25, 0.3) is 0 Å². The van der Waals surface area contributed by atoms with Crippen molar-refractivity contribution in [2.75, 3.05) is 7.05 Å². The Bertz CT molecular complexity index is 416. The molecule has 5 heteroatoms. The Morgan fingerprint density at radius 1 is 1.30 bits per heavy atom. The molecule has 0 amide bonds. The molecule has 0 aromatic carbocycles. The summed E-state index contributed by atoms with van der Waals surface area (Å²) in [5, 5.41) is 3.97. The van der Waals surface area contributed by atoms with Crippen molar-refractivity contribution >= 4 is 0 Å². The number of aromatic nitrogens is 2. The topological polar surface area (TPSA) is 68.2 Å². The van der Waals surface area contributed by atoms with Crippen LogP contribution < -0.4 is 5.73 Å². The zero-order chi connectivity index (χ0) is 14.8. The van der Waals surface area contributed by atoms with E-state index >= 15 is 0 Å². The molecule has 0 aliphatic heterocycles. The van der Waals surface area contributed by atoms with Crippen molar-refractivity contribution in [3.05, 3.63) is 11.7 Å². The highest BCUT2D eigenvalue weighted by atomic mass is 16.5. The molecule has 0 unspecified atom stereocenters. The van der Waals surface area contributed by atoms with E-state index in [-0.39, 0.29) is 0 Å². The minimum Gasteiger partial charge on any atom is -0.338 e. The van der Waals surface area contributed by atoms with Gasteiger partial charge in [-0.2, -0.15) is 4.98 Å². The zero-order valence-electron chi connectivity index (χ0n) is 13.2. The highest BCUT2D eigenvalue weighted by Crippen LogP contribution is 2.29. The van der Waals surface area contributed by atoms with Crippen LogP contribution in [0.5, 0.6) is 0 Å². The molecule has 1 aromatic rings. The van der Waals surface area contributed by atoms with Crippen molar-refractivity contribution in [3.63, 3.8) is 0 Å². The van der Waals surface area contributed by atoms with Crippen LogP contribution in [0.1, 0.15) is 64.6 Å². The fourth-order valence-corrected chi connectivity index (χ4v) is 2.92. The maximum absolute atomic E-state index is 5.98. The Morgan fingerprint density at radius 2 is 1.95 bits per heavy atom. The highest BCUT2D eigenvalue weighted by Gasteiger charge is 2.25. The fourth-order valence-electron chi connectivity index (χ4n) is 2.92. The fraction of sp³-hybridized carbons (Fsp3) is 0.867. The molecule has 1 fully saturated rings. The Kier molecular flexibility index (Phi) is 4.81. The summed E-state index contributed by atoms with van der Waals surface area (Å²) in [4.78, 5) is 6.74. The first-order valence-electron chi connectivity index (χ1n) is 7.72. The molecule has 1 aliphatic carbocycles. The van der Waals surface area contributed by atoms with Gasteiger partial charge in [0.1, 0.15) is 0 Å². The Hall–Kier alpha value is -0.940. The average molecular weight is 280 g/mol. The number of nitrogens with two attached hydrogens (primary N) is 1. The predicted octanol–water partition coefficient (Wildman–Crippen LogP) is 2.66. The highest BCUT2D eigenvalue weighted by molar-refractivity contribution is 4.99. The molecule has 0 bridgehead atoms. The van der Waals surface area contributed by atoms with Gasteiger partial charge in [-0.15, -0.1) is 0 Å². The Labute approximate surface area is 121 Å². The van der Waals surface area contributed by atoms with Crippen molar-refractivity contribution < 1.29 is 4.52 Å². The van der Waals surface area contributed by atoms with Crippen LogP contribution >= 0.6 is 0 Å². The molecule has 0 spiro atoms. The molecule has 0 saturated heterocycles. The molecule has 1 saturated carbocycles. The van der Waals surface area contributed by atoms with E-state index in [0.29, 0.717) is 24.3 Å². The summed E-state index contributed by atoms with van der Waals surface area (Å²) in [7, 11) is 2.15. The molecule has 114 valence electrons. The van der Waals surface area contributed by atoms with Gasteiger partial charge in [-0.3, -0.25) is 4.90 Å². The number of hydrogen-bond donors (Lipinski definition) is 1. The zero-order valence-corrected chi connectivity index (χ0v) is 13.2. The molecule has 5 nitrogen and oxygen atoms in total. The van der Waals surface area contributed by atoms with Crippen molar-refractivity contribution in [2.45, 2.75) is 71.0 Å². The van der Waals surface area contributed by atoms with Gasteiger partial charge in [-0.05, 0) is 52.5 Å². The molecule has 1 heterocycles. The number of rotatable bonds is 5. The van der Waals surface area contributed by atoms with E-state index in [0.717, 1.165) is 5.92 Å². The third-order valence-corrected chi connectivity index (χ3v) is 4.45. The lowest BCUT2D eigenvalue weighted by Gasteiger charge is -2.33. The standard InChI is InChI=1S/C15H28N4O/c1-5-11-6-8-12(9-7-11)19(4)10-13-17-14(18-20-13)15(2,3)16/h11-12H,5-10,16H2,1-4H3. The summed E-state index contributed by atoms with van der Waals surface area (Å²) >= 11 is 0. The van der Waals surface area contributed by atoms with Crippen molar-refractivity contribution in [3.8, 4) is 0 Å². The van der Waals surface area contributed by atoms with Gasteiger partial charge in [-0.25, -0.2) is 0 Å². The normalized spacial score (nSPS) is 24.3. The maximum atomic E-state index is 5.98. The molecule has 2 N–H and O–H groups in total. The first-order chi connectivity index (χ1) is 9.40. The van der Waals surface area contributed by atoms with E-state index in [1.807, 2.05) is 13.8 Å². The maximum Gasteiger partial charge on any atom is 0.240 e. The third kappa shape index (κ3) is 3.79. The van der Waals surface area contributed by atoms with Crippen LogP contribution in [-0.2, 0) is 12.1 Å². The van der Waals surface area contributed by atoms with E-state index in [2.05, 4.69) is 29.0 Å². The van der Waals surface area contributed by atoms with Gasteiger partial charge in [0, 0.05) is 6.04 Å². The lowest BCUT2D eigenvalue weighted by Crippen LogP contribution is -2.35. The van der Waals surface area contributed by atoms with Crippen molar-refractivity contribution in [2.24, 2.45) is 11.7 Å². The molecule has 20 heavy (non-hydrogen) atoms. The largest absolute Gasteiger partial charge is 0.338 e. The SMILES string of the molecule is CCC1CCC(N(C)Cc2nc(C(C)(C)N)no2)CC1. The van der Waals surface area contributed by atoms with Crippen LogP contribution in [0, 0.1) is 5.92 Å². The van der Waals surface area contributed by atoms with Gasteiger partial charge < -0.3 is 10.3 Å². The lowest BCUT2D eigenvalue weighted by atomic mass is 9.84. The molecule has 2 rings (SSSR count). The lowest BCUT2D eigenvalue weighted by molar-refractivity contribution is 0.143. The summed E-state index contributed by atoms with van der Waals surface area (Å²) < 4.78 is 5.31. The minimum absolute atomic E-state index is 0.542. The second-order valence-corrected chi connectivity index (χ2v) is 6.73. The van der Waals surface area contributed by atoms with Crippen molar-refractivity contribution in [1.29, 1.82) is 0 Å².